The number of halogens is 1. The summed E-state index contributed by atoms with van der Waals surface area (Å²) in [7, 11) is 0. The lowest BCUT2D eigenvalue weighted by Gasteiger charge is -2.26. The van der Waals surface area contributed by atoms with Gasteiger partial charge in [-0.1, -0.05) is 17.7 Å². The molecule has 0 saturated carbocycles. The quantitative estimate of drug-likeness (QED) is 0.854. The van der Waals surface area contributed by atoms with Gasteiger partial charge in [0.25, 0.3) is 0 Å². The van der Waals surface area contributed by atoms with Crippen LogP contribution in [0.4, 0.5) is 0 Å². The third-order valence-electron chi connectivity index (χ3n) is 2.96. The van der Waals surface area contributed by atoms with Crippen LogP contribution in [0, 0.1) is 5.92 Å². The first-order valence-electron chi connectivity index (χ1n) is 5.90. The molecule has 1 heterocycles. The molecule has 1 fully saturated rings. The second-order valence-electron chi connectivity index (χ2n) is 4.31. The lowest BCUT2D eigenvalue weighted by Crippen LogP contribution is -2.30. The average molecular weight is 273 g/mol. The Bertz CT molecular complexity index is 353. The minimum absolute atomic E-state index is 0.287. The van der Waals surface area contributed by atoms with Crippen LogP contribution in [-0.2, 0) is 4.74 Å². The number of thioether (sulfide) groups is 1. The molecule has 1 aromatic rings. The maximum absolute atomic E-state index is 10.1. The maximum Gasteiger partial charge on any atom is 0.0684 e. The van der Waals surface area contributed by atoms with Crippen molar-refractivity contribution in [1.29, 1.82) is 0 Å². The van der Waals surface area contributed by atoms with Gasteiger partial charge in [-0.05, 0) is 31.0 Å². The average Bonchev–Trinajstić information content (AvgIpc) is 2.37. The lowest BCUT2D eigenvalue weighted by atomic mass is 9.97. The van der Waals surface area contributed by atoms with E-state index in [-0.39, 0.29) is 12.0 Å². The summed E-state index contributed by atoms with van der Waals surface area (Å²) in [5.41, 5.74) is 0. The highest BCUT2D eigenvalue weighted by Crippen LogP contribution is 2.26. The molecular formula is C13H17ClO2S. The number of benzene rings is 1. The summed E-state index contributed by atoms with van der Waals surface area (Å²) in [4.78, 5) is 1.10. The van der Waals surface area contributed by atoms with Crippen LogP contribution in [0.2, 0.25) is 5.02 Å². The van der Waals surface area contributed by atoms with Gasteiger partial charge in [-0.15, -0.1) is 11.8 Å². The van der Waals surface area contributed by atoms with E-state index in [1.807, 2.05) is 24.3 Å². The van der Waals surface area contributed by atoms with Gasteiger partial charge in [-0.25, -0.2) is 0 Å². The molecular weight excluding hydrogens is 256 g/mol. The normalized spacial score (nSPS) is 22.4. The topological polar surface area (TPSA) is 29.5 Å². The van der Waals surface area contributed by atoms with Crippen LogP contribution in [-0.4, -0.2) is 30.2 Å². The van der Waals surface area contributed by atoms with E-state index in [0.717, 1.165) is 29.4 Å². The summed E-state index contributed by atoms with van der Waals surface area (Å²) in [5, 5.41) is 10.8. The van der Waals surface area contributed by atoms with Gasteiger partial charge in [-0.3, -0.25) is 0 Å². The molecule has 1 aromatic carbocycles. The van der Waals surface area contributed by atoms with Gasteiger partial charge in [0.15, 0.2) is 0 Å². The highest BCUT2D eigenvalue weighted by atomic mass is 35.5. The zero-order valence-electron chi connectivity index (χ0n) is 9.64. The van der Waals surface area contributed by atoms with Crippen molar-refractivity contribution in [3.05, 3.63) is 29.3 Å². The van der Waals surface area contributed by atoms with E-state index < -0.39 is 0 Å². The van der Waals surface area contributed by atoms with E-state index in [4.69, 9.17) is 16.3 Å². The largest absolute Gasteiger partial charge is 0.392 e. The molecule has 2 atom stereocenters. The Hall–Kier alpha value is -0.220. The van der Waals surface area contributed by atoms with Crippen molar-refractivity contribution in [2.75, 3.05) is 19.0 Å². The first-order valence-corrected chi connectivity index (χ1v) is 7.26. The van der Waals surface area contributed by atoms with E-state index in [0.29, 0.717) is 12.4 Å². The van der Waals surface area contributed by atoms with Gasteiger partial charge < -0.3 is 9.84 Å². The Balaban J connectivity index is 1.80. The van der Waals surface area contributed by atoms with E-state index in [2.05, 4.69) is 0 Å². The van der Waals surface area contributed by atoms with Crippen molar-refractivity contribution in [3.8, 4) is 0 Å². The van der Waals surface area contributed by atoms with Gasteiger partial charge in [0.2, 0.25) is 0 Å². The summed E-state index contributed by atoms with van der Waals surface area (Å²) in [6.07, 6.45) is 1.83. The van der Waals surface area contributed by atoms with Crippen molar-refractivity contribution in [2.24, 2.45) is 5.92 Å². The smallest absolute Gasteiger partial charge is 0.0684 e. The van der Waals surface area contributed by atoms with Crippen molar-refractivity contribution < 1.29 is 9.84 Å². The van der Waals surface area contributed by atoms with Crippen LogP contribution in [0.1, 0.15) is 12.8 Å². The molecule has 0 radical (unpaired) electrons. The van der Waals surface area contributed by atoms with Gasteiger partial charge in [-0.2, -0.15) is 0 Å². The lowest BCUT2D eigenvalue weighted by molar-refractivity contribution is -0.0000396. The van der Waals surface area contributed by atoms with Crippen molar-refractivity contribution in [3.63, 3.8) is 0 Å². The molecule has 1 aliphatic rings. The standard InChI is InChI=1S/C13H17ClO2S/c14-11-4-1-5-12(7-11)17-9-13(15)10-3-2-6-16-8-10/h1,4-5,7,10,13,15H,2-3,6,8-9H2. The molecule has 2 nitrogen and oxygen atoms in total. The van der Waals surface area contributed by atoms with Crippen LogP contribution < -0.4 is 0 Å². The molecule has 0 aliphatic carbocycles. The van der Waals surface area contributed by atoms with Gasteiger partial charge >= 0.3 is 0 Å². The van der Waals surface area contributed by atoms with Gasteiger partial charge in [0, 0.05) is 28.2 Å². The Kier molecular flexibility index (Phi) is 5.16. The number of ether oxygens (including phenoxy) is 1. The number of hydrogen-bond donors (Lipinski definition) is 1. The Morgan fingerprint density at radius 2 is 2.41 bits per heavy atom. The second kappa shape index (κ2) is 6.64. The number of aliphatic hydroxyl groups excluding tert-OH is 1. The molecule has 1 saturated heterocycles. The predicted octanol–water partition coefficient (Wildman–Crippen LogP) is 3.22. The van der Waals surface area contributed by atoms with E-state index in [1.54, 1.807) is 11.8 Å². The zero-order valence-corrected chi connectivity index (χ0v) is 11.2. The molecule has 0 spiro atoms. The molecule has 0 amide bonds. The summed E-state index contributed by atoms with van der Waals surface area (Å²) in [5.74, 6) is 0.990. The molecule has 17 heavy (non-hydrogen) atoms. The van der Waals surface area contributed by atoms with Crippen LogP contribution in [0.5, 0.6) is 0 Å². The van der Waals surface area contributed by atoms with E-state index in [9.17, 15) is 5.11 Å². The maximum atomic E-state index is 10.1. The van der Waals surface area contributed by atoms with Gasteiger partial charge in [0.1, 0.15) is 0 Å². The van der Waals surface area contributed by atoms with Crippen LogP contribution in [0.3, 0.4) is 0 Å². The van der Waals surface area contributed by atoms with Gasteiger partial charge in [0.05, 0.1) is 12.7 Å². The third kappa shape index (κ3) is 4.18. The number of hydrogen-bond acceptors (Lipinski definition) is 3. The molecule has 2 rings (SSSR count). The molecule has 0 aromatic heterocycles. The molecule has 1 aliphatic heterocycles. The van der Waals surface area contributed by atoms with E-state index in [1.165, 1.54) is 0 Å². The van der Waals surface area contributed by atoms with Crippen molar-refractivity contribution >= 4 is 23.4 Å². The first kappa shape index (κ1) is 13.2. The minimum atomic E-state index is -0.292. The first-order chi connectivity index (χ1) is 8.25. The van der Waals surface area contributed by atoms with Crippen molar-refractivity contribution in [2.45, 2.75) is 23.8 Å². The summed E-state index contributed by atoms with van der Waals surface area (Å²) in [6, 6.07) is 7.73. The van der Waals surface area contributed by atoms with E-state index >= 15 is 0 Å². The fourth-order valence-corrected chi connectivity index (χ4v) is 3.22. The monoisotopic (exact) mass is 272 g/mol. The zero-order chi connectivity index (χ0) is 12.1. The highest BCUT2D eigenvalue weighted by Gasteiger charge is 2.22. The summed E-state index contributed by atoms with van der Waals surface area (Å²) < 4.78 is 5.38. The van der Waals surface area contributed by atoms with Crippen LogP contribution in [0.15, 0.2) is 29.2 Å². The fraction of sp³-hybridized carbons (Fsp3) is 0.538. The Morgan fingerprint density at radius 3 is 3.12 bits per heavy atom. The summed E-state index contributed by atoms with van der Waals surface area (Å²) in [6.45, 7) is 1.53. The Morgan fingerprint density at radius 1 is 1.53 bits per heavy atom. The molecule has 1 N–H and O–H groups in total. The third-order valence-corrected chi connectivity index (χ3v) is 4.29. The summed E-state index contributed by atoms with van der Waals surface area (Å²) >= 11 is 7.56. The SMILES string of the molecule is OC(CSc1cccc(Cl)c1)C1CCCOC1. The van der Waals surface area contributed by atoms with Crippen LogP contribution in [0.25, 0.3) is 0 Å². The van der Waals surface area contributed by atoms with Crippen LogP contribution >= 0.6 is 23.4 Å². The molecule has 94 valence electrons. The second-order valence-corrected chi connectivity index (χ2v) is 5.84. The predicted molar refractivity (Wildman–Crippen MR) is 71.7 cm³/mol. The number of aliphatic hydroxyl groups is 1. The van der Waals surface area contributed by atoms with Crippen molar-refractivity contribution in [1.82, 2.24) is 0 Å². The number of rotatable bonds is 4. The fourth-order valence-electron chi connectivity index (χ4n) is 1.94. The molecule has 0 bridgehead atoms. The Labute approximate surface area is 111 Å². The molecule has 4 heteroatoms. The highest BCUT2D eigenvalue weighted by molar-refractivity contribution is 7.99. The molecule has 2 unspecified atom stereocenters. The minimum Gasteiger partial charge on any atom is -0.392 e.